The van der Waals surface area contributed by atoms with Gasteiger partial charge in [-0.05, 0) is 24.3 Å². The van der Waals surface area contributed by atoms with Crippen molar-refractivity contribution in [2.24, 2.45) is 0 Å². The zero-order chi connectivity index (χ0) is 21.5. The van der Waals surface area contributed by atoms with Gasteiger partial charge in [0.1, 0.15) is 17.3 Å². The summed E-state index contributed by atoms with van der Waals surface area (Å²) in [6.45, 7) is -0.0104. The zero-order valence-corrected chi connectivity index (χ0v) is 16.5. The highest BCUT2D eigenvalue weighted by Crippen LogP contribution is 2.27. The summed E-state index contributed by atoms with van der Waals surface area (Å²) in [6, 6.07) is 5.22. The van der Waals surface area contributed by atoms with E-state index in [1.54, 1.807) is 0 Å². The number of nitrogens with zero attached hydrogens (tertiary/aromatic N) is 5. The lowest BCUT2D eigenvalue weighted by Gasteiger charge is -2.19. The van der Waals surface area contributed by atoms with Gasteiger partial charge in [0.05, 0.1) is 25.5 Å². The molecule has 12 heteroatoms. The molecular weight excluding hydrogens is 417 g/mol. The number of aromatic nitrogens is 4. The molecule has 0 spiro atoms. The Morgan fingerprint density at radius 2 is 2.07 bits per heavy atom. The number of halogens is 1. The van der Waals surface area contributed by atoms with Crippen LogP contribution in [-0.4, -0.2) is 50.6 Å². The standard InChI is InChI=1S/C18H16FN5O5S/c1-29-12-4-5-15(21-7-12)30(27,28)24-9-11-8-23(10-14(11)22-24)18(26)17(25)16-13(19)3-2-6-20-16/h2-7,9,17,25H,8,10H2,1H3/t17-/m0/s1. The number of aliphatic hydroxyl groups excluding tert-OH is 1. The normalized spacial score (nSPS) is 14.4. The molecule has 4 heterocycles. The van der Waals surface area contributed by atoms with Crippen molar-refractivity contribution < 1.29 is 27.4 Å². The Kier molecular flexibility index (Phi) is 4.95. The van der Waals surface area contributed by atoms with Gasteiger partial charge in [-0.3, -0.25) is 9.78 Å². The first-order chi connectivity index (χ1) is 14.3. The molecule has 156 valence electrons. The first-order valence-corrected chi connectivity index (χ1v) is 10.2. The molecule has 3 aromatic heterocycles. The first kappa shape index (κ1) is 19.9. The predicted octanol–water partition coefficient (Wildman–Crippen LogP) is 0.634. The van der Waals surface area contributed by atoms with Crippen molar-refractivity contribution in [1.29, 1.82) is 0 Å². The molecule has 30 heavy (non-hydrogen) atoms. The Hall–Kier alpha value is -3.38. The molecule has 1 aliphatic rings. The van der Waals surface area contributed by atoms with Crippen molar-refractivity contribution in [2.75, 3.05) is 7.11 Å². The molecule has 10 nitrogen and oxygen atoms in total. The topological polar surface area (TPSA) is 128 Å². The molecule has 0 saturated heterocycles. The van der Waals surface area contributed by atoms with Crippen LogP contribution in [0.25, 0.3) is 0 Å². The third-order valence-corrected chi connectivity index (χ3v) is 6.05. The van der Waals surface area contributed by atoms with Crippen molar-refractivity contribution in [3.05, 3.63) is 65.6 Å². The van der Waals surface area contributed by atoms with Crippen LogP contribution in [0.4, 0.5) is 4.39 Å². The Morgan fingerprint density at radius 3 is 2.70 bits per heavy atom. The van der Waals surface area contributed by atoms with E-state index in [4.69, 9.17) is 4.74 Å². The van der Waals surface area contributed by atoms with Crippen LogP contribution in [0.5, 0.6) is 5.75 Å². The molecule has 3 aromatic rings. The van der Waals surface area contributed by atoms with Crippen LogP contribution in [0.1, 0.15) is 23.1 Å². The van der Waals surface area contributed by atoms with Gasteiger partial charge in [0, 0.05) is 24.5 Å². The van der Waals surface area contributed by atoms with E-state index in [1.165, 1.54) is 48.8 Å². The van der Waals surface area contributed by atoms with Crippen molar-refractivity contribution in [2.45, 2.75) is 24.2 Å². The van der Waals surface area contributed by atoms with Gasteiger partial charge >= 0.3 is 0 Å². The van der Waals surface area contributed by atoms with E-state index in [-0.39, 0.29) is 23.8 Å². The van der Waals surface area contributed by atoms with Crippen molar-refractivity contribution in [3.63, 3.8) is 0 Å². The fourth-order valence-corrected chi connectivity index (χ4v) is 4.12. The fraction of sp³-hybridized carbons (Fsp3) is 0.222. The second kappa shape index (κ2) is 7.46. The lowest BCUT2D eigenvalue weighted by Crippen LogP contribution is -2.32. The molecule has 1 N–H and O–H groups in total. The van der Waals surface area contributed by atoms with Gasteiger partial charge < -0.3 is 14.7 Å². The summed E-state index contributed by atoms with van der Waals surface area (Å²) >= 11 is 0. The van der Waals surface area contributed by atoms with Crippen LogP contribution in [-0.2, 0) is 27.9 Å². The van der Waals surface area contributed by atoms with Crippen molar-refractivity contribution in [3.8, 4) is 5.75 Å². The Morgan fingerprint density at radius 1 is 1.27 bits per heavy atom. The highest BCUT2D eigenvalue weighted by molar-refractivity contribution is 7.89. The number of ether oxygens (including phenoxy) is 1. The average Bonchev–Trinajstić information content (AvgIpc) is 3.33. The molecule has 4 rings (SSSR count). The Balaban J connectivity index is 1.52. The number of amides is 1. The zero-order valence-electron chi connectivity index (χ0n) is 15.6. The van der Waals surface area contributed by atoms with Gasteiger partial charge in [-0.25, -0.2) is 9.37 Å². The maximum atomic E-state index is 13.8. The number of pyridine rings is 2. The van der Waals surface area contributed by atoms with Crippen LogP contribution < -0.4 is 4.74 Å². The minimum absolute atomic E-state index is 0.0191. The first-order valence-electron chi connectivity index (χ1n) is 8.71. The largest absolute Gasteiger partial charge is 0.495 e. The number of hydrogen-bond acceptors (Lipinski definition) is 8. The van der Waals surface area contributed by atoms with Gasteiger partial charge in [-0.15, -0.1) is 0 Å². The van der Waals surface area contributed by atoms with Crippen molar-refractivity contribution >= 4 is 15.9 Å². The Labute approximate surface area is 170 Å². The third-order valence-electron chi connectivity index (χ3n) is 4.61. The van der Waals surface area contributed by atoms with Crippen molar-refractivity contribution in [1.82, 2.24) is 24.1 Å². The number of aliphatic hydroxyl groups is 1. The molecule has 0 saturated carbocycles. The molecule has 0 bridgehead atoms. The van der Waals surface area contributed by atoms with Gasteiger partial charge in [0.25, 0.3) is 15.9 Å². The summed E-state index contributed by atoms with van der Waals surface area (Å²) in [5.74, 6) is -1.13. The number of methoxy groups -OCH3 is 1. The van der Waals surface area contributed by atoms with Gasteiger partial charge in [0.15, 0.2) is 11.1 Å². The van der Waals surface area contributed by atoms with E-state index in [9.17, 15) is 22.7 Å². The summed E-state index contributed by atoms with van der Waals surface area (Å²) < 4.78 is 45.0. The molecule has 1 amide bonds. The molecule has 0 aromatic carbocycles. The number of carbonyl (C=O) groups is 1. The number of hydrogen-bond donors (Lipinski definition) is 1. The summed E-state index contributed by atoms with van der Waals surface area (Å²) in [7, 11) is -2.58. The van der Waals surface area contributed by atoms with Gasteiger partial charge in [-0.2, -0.15) is 17.6 Å². The lowest BCUT2D eigenvalue weighted by molar-refractivity contribution is -0.141. The number of carbonyl (C=O) groups excluding carboxylic acids is 1. The highest BCUT2D eigenvalue weighted by atomic mass is 32.2. The smallest absolute Gasteiger partial charge is 0.300 e. The van der Waals surface area contributed by atoms with Crippen LogP contribution >= 0.6 is 0 Å². The molecule has 1 atom stereocenters. The molecular formula is C18H16FN5O5S. The predicted molar refractivity (Wildman–Crippen MR) is 99.0 cm³/mol. The molecule has 0 aliphatic carbocycles. The SMILES string of the molecule is COc1ccc(S(=O)(=O)n2cc3c(n2)CN(C(=O)[C@@H](O)c2ncccc2F)C3)nc1. The van der Waals surface area contributed by atoms with E-state index in [2.05, 4.69) is 15.1 Å². The quantitative estimate of drug-likeness (QED) is 0.621. The lowest BCUT2D eigenvalue weighted by atomic mass is 10.2. The third kappa shape index (κ3) is 3.39. The Bertz CT molecular complexity index is 1190. The summed E-state index contributed by atoms with van der Waals surface area (Å²) in [5.41, 5.74) is 0.480. The number of fused-ring (bicyclic) bond motifs is 1. The monoisotopic (exact) mass is 433 g/mol. The molecule has 0 unspecified atom stereocenters. The maximum absolute atomic E-state index is 13.8. The highest BCUT2D eigenvalue weighted by Gasteiger charge is 2.34. The van der Waals surface area contributed by atoms with E-state index in [1.807, 2.05) is 0 Å². The van der Waals surface area contributed by atoms with Gasteiger partial charge in [0.2, 0.25) is 0 Å². The minimum atomic E-state index is -4.02. The molecule has 0 fully saturated rings. The van der Waals surface area contributed by atoms with Gasteiger partial charge in [-0.1, -0.05) is 0 Å². The second-order valence-corrected chi connectivity index (χ2v) is 8.22. The number of rotatable bonds is 5. The van der Waals surface area contributed by atoms with Crippen LogP contribution in [0.3, 0.4) is 0 Å². The van der Waals surface area contributed by atoms with E-state index >= 15 is 0 Å². The minimum Gasteiger partial charge on any atom is -0.495 e. The molecule has 0 radical (unpaired) electrons. The van der Waals surface area contributed by atoms with Crippen LogP contribution in [0.2, 0.25) is 0 Å². The van der Waals surface area contributed by atoms with Crippen LogP contribution in [0.15, 0.2) is 47.9 Å². The summed E-state index contributed by atoms with van der Waals surface area (Å²) in [5, 5.41) is 14.0. The summed E-state index contributed by atoms with van der Waals surface area (Å²) in [6.07, 6.45) is 2.07. The van der Waals surface area contributed by atoms with Crippen LogP contribution in [0, 0.1) is 5.82 Å². The maximum Gasteiger partial charge on any atom is 0.300 e. The van der Waals surface area contributed by atoms with E-state index in [0.29, 0.717) is 17.0 Å². The summed E-state index contributed by atoms with van der Waals surface area (Å²) in [4.78, 5) is 21.4. The van der Waals surface area contributed by atoms with E-state index in [0.717, 1.165) is 10.2 Å². The fourth-order valence-electron chi connectivity index (χ4n) is 3.03. The van der Waals surface area contributed by atoms with E-state index < -0.39 is 27.9 Å². The second-order valence-electron chi connectivity index (χ2n) is 6.48. The average molecular weight is 433 g/mol. The molecule has 1 aliphatic heterocycles.